The monoisotopic (exact) mass is 1280 g/mol. The molecule has 1 unspecified atom stereocenters. The summed E-state index contributed by atoms with van der Waals surface area (Å²) in [6.07, 6.45) is 0. The van der Waals surface area contributed by atoms with Crippen LogP contribution in [0.15, 0.2) is 292 Å². The zero-order valence-electron chi connectivity index (χ0n) is 56.6. The molecular weight excluding hydrogens is 1210 g/mol. The van der Waals surface area contributed by atoms with Gasteiger partial charge in [0.2, 0.25) is 0 Å². The summed E-state index contributed by atoms with van der Waals surface area (Å²) in [5.41, 5.74) is 19.4. The maximum atomic E-state index is 15.8. The van der Waals surface area contributed by atoms with Crippen molar-refractivity contribution in [3.05, 3.63) is 318 Å². The Bertz CT molecular complexity index is 6160. The minimum Gasteiger partial charge on any atom is -0.456 e. The molecule has 0 saturated carbocycles. The number of fused-ring (bicyclic) bond motifs is 17. The molecule has 0 spiro atoms. The Morgan fingerprint density at radius 2 is 0.747 bits per heavy atom. The second-order valence-electron chi connectivity index (χ2n) is 29.8. The van der Waals surface area contributed by atoms with Crippen LogP contribution in [0.4, 0.5) is 51.2 Å². The van der Waals surface area contributed by atoms with Crippen LogP contribution in [0.5, 0.6) is 0 Å². The van der Waals surface area contributed by atoms with Gasteiger partial charge in [-0.1, -0.05) is 207 Å². The molecule has 1 aliphatic carbocycles. The Kier molecular flexibility index (Phi) is 12.6. The van der Waals surface area contributed by atoms with Gasteiger partial charge in [-0.3, -0.25) is 0 Å². The van der Waals surface area contributed by atoms with Crippen molar-refractivity contribution in [3.63, 3.8) is 0 Å². The van der Waals surface area contributed by atoms with E-state index < -0.39 is 5.60 Å². The van der Waals surface area contributed by atoms with E-state index in [4.69, 9.17) is 13.3 Å². The molecule has 14 aromatic carbocycles. The fourth-order valence-corrected chi connectivity index (χ4v) is 16.4. The summed E-state index contributed by atoms with van der Waals surface area (Å²) in [4.78, 5) is 7.10. The number of anilines is 9. The molecule has 1 N–H and O–H groups in total. The van der Waals surface area contributed by atoms with E-state index in [1.54, 1.807) is 0 Å². The van der Waals surface area contributed by atoms with Gasteiger partial charge in [0, 0.05) is 83.0 Å². The second-order valence-corrected chi connectivity index (χ2v) is 29.8. The zero-order valence-corrected chi connectivity index (χ0v) is 56.6. The van der Waals surface area contributed by atoms with Gasteiger partial charge in [-0.2, -0.15) is 0 Å². The first-order chi connectivity index (χ1) is 47.9. The molecule has 0 fully saturated rings. The summed E-state index contributed by atoms with van der Waals surface area (Å²) in [5.74, 6) is 0. The third-order valence-corrected chi connectivity index (χ3v) is 21.5. The van der Waals surface area contributed by atoms with Gasteiger partial charge in [0.1, 0.15) is 39.1 Å². The number of aliphatic hydroxyl groups is 1. The van der Waals surface area contributed by atoms with Crippen molar-refractivity contribution in [3.8, 4) is 11.1 Å². The normalized spacial score (nSPS) is 15.0. The van der Waals surface area contributed by atoms with E-state index in [-0.39, 0.29) is 16.2 Å². The van der Waals surface area contributed by atoms with Crippen molar-refractivity contribution in [2.45, 2.75) is 77.2 Å². The molecule has 0 radical (unpaired) electrons. The number of furan rings is 3. The molecule has 1 atom stereocenters. The molecule has 0 bridgehead atoms. The van der Waals surface area contributed by atoms with E-state index in [1.807, 2.05) is 6.07 Å². The Morgan fingerprint density at radius 1 is 0.333 bits per heavy atom. The minimum absolute atomic E-state index is 0.0862. The number of benzene rings is 14. The lowest BCUT2D eigenvalue weighted by atomic mass is 9.73. The van der Waals surface area contributed by atoms with Crippen molar-refractivity contribution >= 4 is 139 Å². The predicted octanol–water partition coefficient (Wildman–Crippen LogP) is 25.6. The van der Waals surface area contributed by atoms with Crippen LogP contribution in [0.3, 0.4) is 0 Å². The zero-order chi connectivity index (χ0) is 67.0. The summed E-state index contributed by atoms with van der Waals surface area (Å²) in [6.45, 7) is 18.2. The highest BCUT2D eigenvalue weighted by Crippen LogP contribution is 2.62. The molecule has 99 heavy (non-hydrogen) atoms. The molecule has 1 aliphatic heterocycles. The largest absolute Gasteiger partial charge is 0.456 e. The molecule has 17 aromatic rings. The van der Waals surface area contributed by atoms with Crippen molar-refractivity contribution in [2.24, 2.45) is 0 Å². The van der Waals surface area contributed by atoms with Gasteiger partial charge in [-0.05, 0) is 188 Å². The third kappa shape index (κ3) is 8.86. The number of rotatable bonds is 8. The Balaban J connectivity index is 0.906. The minimum atomic E-state index is -1.86. The second kappa shape index (κ2) is 21.2. The maximum Gasteiger partial charge on any atom is 0.145 e. The van der Waals surface area contributed by atoms with E-state index >= 15 is 5.11 Å². The first kappa shape index (κ1) is 58.7. The van der Waals surface area contributed by atoms with Crippen LogP contribution in [0.25, 0.3) is 98.5 Å². The van der Waals surface area contributed by atoms with Crippen LogP contribution < -0.4 is 14.7 Å². The molecule has 0 saturated heterocycles. The first-order valence-corrected chi connectivity index (χ1v) is 34.4. The maximum absolute atomic E-state index is 15.8. The smallest absolute Gasteiger partial charge is 0.145 e. The molecule has 0 amide bonds. The van der Waals surface area contributed by atoms with Crippen LogP contribution in [-0.4, -0.2) is 5.11 Å². The number of hydrogen-bond acceptors (Lipinski definition) is 7. The van der Waals surface area contributed by atoms with Gasteiger partial charge >= 0.3 is 0 Å². The molecular formula is C92H71N3O4. The summed E-state index contributed by atoms with van der Waals surface area (Å²) < 4.78 is 20.9. The van der Waals surface area contributed by atoms with E-state index in [1.165, 1.54) is 22.3 Å². The number of nitrogens with zero attached hydrogens (tertiary/aromatic N) is 3. The van der Waals surface area contributed by atoms with Crippen molar-refractivity contribution in [1.29, 1.82) is 0 Å². The van der Waals surface area contributed by atoms with Gasteiger partial charge in [-0.25, -0.2) is 0 Å². The molecule has 478 valence electrons. The highest BCUT2D eigenvalue weighted by molar-refractivity contribution is 6.20. The summed E-state index contributed by atoms with van der Waals surface area (Å²) in [7, 11) is 0. The van der Waals surface area contributed by atoms with E-state index in [2.05, 4.69) is 343 Å². The van der Waals surface area contributed by atoms with E-state index in [9.17, 15) is 0 Å². The van der Waals surface area contributed by atoms with Crippen molar-refractivity contribution in [1.82, 2.24) is 0 Å². The van der Waals surface area contributed by atoms with E-state index in [0.717, 1.165) is 150 Å². The number of para-hydroxylation sites is 4. The van der Waals surface area contributed by atoms with Gasteiger partial charge < -0.3 is 33.1 Å². The quantitative estimate of drug-likeness (QED) is 0.163. The lowest BCUT2D eigenvalue weighted by Crippen LogP contribution is -2.33. The number of hydrogen-bond donors (Lipinski definition) is 1. The molecule has 19 rings (SSSR count). The standard InChI is InChI=1S/C92H71N3O4/c1-89(2,3)59-33-37-61(38-34-59)93(63-42-45-82-70(51-63)68-47-55-21-9-11-23-57(55)49-84(68)97-82)65-41-44-66-75(53-65)92(96,74-28-16-19-31-79(74)95-77-29-17-14-26-72(77)91(7,8)73-27-15-18-30-78(73)95)76-54-80(87-67-25-13-20-32-81(67)99-88(87)86(66)76)94(62-39-35-60(36-40-62)90(4,5)6)64-43-46-83-71(52-64)69-48-56-22-10-12-24-58(56)50-85(69)98-83/h9-54,96H,1-8H3. The van der Waals surface area contributed by atoms with Crippen LogP contribution in [0.2, 0.25) is 0 Å². The van der Waals surface area contributed by atoms with Crippen molar-refractivity contribution in [2.75, 3.05) is 14.7 Å². The fraction of sp³-hybridized carbons (Fsp3) is 0.130. The Morgan fingerprint density at radius 3 is 1.29 bits per heavy atom. The van der Waals surface area contributed by atoms with Gasteiger partial charge in [0.05, 0.1) is 28.1 Å². The van der Waals surface area contributed by atoms with Gasteiger partial charge in [-0.15, -0.1) is 0 Å². The van der Waals surface area contributed by atoms with Crippen LogP contribution in [0.1, 0.15) is 94.3 Å². The highest BCUT2D eigenvalue weighted by atomic mass is 16.3. The molecule has 7 heteroatoms. The molecule has 3 aromatic heterocycles. The van der Waals surface area contributed by atoms with Crippen LogP contribution in [-0.2, 0) is 21.8 Å². The Labute approximate surface area is 574 Å². The van der Waals surface area contributed by atoms with Crippen molar-refractivity contribution < 1.29 is 18.4 Å². The molecule has 4 heterocycles. The lowest BCUT2D eigenvalue weighted by molar-refractivity contribution is 0.131. The van der Waals surface area contributed by atoms with Gasteiger partial charge in [0.15, 0.2) is 0 Å². The summed E-state index contributed by atoms with van der Waals surface area (Å²) in [6, 6.07) is 100. The topological polar surface area (TPSA) is 69.4 Å². The SMILES string of the molecule is CC(C)(C)c1ccc(N(c2ccc3c(c2)C(O)(c2ccccc2N2c4ccccc4C(C)(C)c4ccccc42)c2cc(N(c4ccc(C(C)(C)C)cc4)c4ccc5oc6cc7ccccc7cc6c5c4)c4c(oc5ccccc54)c2-3)c2ccc3oc4cc5ccccc5cc4c3c2)cc1. The van der Waals surface area contributed by atoms with E-state index in [0.29, 0.717) is 16.7 Å². The predicted molar refractivity (Wildman–Crippen MR) is 411 cm³/mol. The van der Waals surface area contributed by atoms with Crippen LogP contribution >= 0.6 is 0 Å². The van der Waals surface area contributed by atoms with Crippen LogP contribution in [0, 0.1) is 0 Å². The average molecular weight is 1280 g/mol. The van der Waals surface area contributed by atoms with Gasteiger partial charge in [0.25, 0.3) is 0 Å². The summed E-state index contributed by atoms with van der Waals surface area (Å²) in [5, 5.41) is 26.3. The molecule has 2 aliphatic rings. The fourth-order valence-electron chi connectivity index (χ4n) is 16.4. The summed E-state index contributed by atoms with van der Waals surface area (Å²) >= 11 is 0. The lowest BCUT2D eigenvalue weighted by Gasteiger charge is -2.43. The average Bonchev–Trinajstić information content (AvgIpc) is 1.57. The third-order valence-electron chi connectivity index (χ3n) is 21.5. The Hall–Kier alpha value is -11.6. The molecule has 7 nitrogen and oxygen atoms in total. The first-order valence-electron chi connectivity index (χ1n) is 34.4. The highest BCUT2D eigenvalue weighted by Gasteiger charge is 2.49.